The summed E-state index contributed by atoms with van der Waals surface area (Å²) in [4.78, 5) is 28.3. The Balaban J connectivity index is 1.85. The number of aliphatic hydroxyl groups excluding tert-OH is 1. The minimum Gasteiger partial charge on any atom is -0.396 e. The summed E-state index contributed by atoms with van der Waals surface area (Å²) in [5, 5.41) is 9.82. The van der Waals surface area contributed by atoms with Crippen LogP contribution in [0.15, 0.2) is 0 Å². The topological polar surface area (TPSA) is 70.1 Å². The fraction of sp³-hybridized carbons (Fsp3) is 0.889. The summed E-state index contributed by atoms with van der Waals surface area (Å²) in [6, 6.07) is 0. The van der Waals surface area contributed by atoms with Gasteiger partial charge in [0.05, 0.1) is 6.61 Å². The third-order valence-corrected chi connectivity index (χ3v) is 5.45. The van der Waals surface area contributed by atoms with E-state index in [4.69, 9.17) is 4.74 Å². The van der Waals surface area contributed by atoms with Gasteiger partial charge in [-0.25, -0.2) is 0 Å². The van der Waals surface area contributed by atoms with Gasteiger partial charge in [0.25, 0.3) is 0 Å². The molecule has 2 amide bonds. The number of piperidine rings is 1. The molecule has 2 rings (SSSR count). The number of nitrogens with zero attached hydrogens (tertiary/aromatic N) is 2. The van der Waals surface area contributed by atoms with Crippen molar-refractivity contribution in [1.82, 2.24) is 9.80 Å². The van der Waals surface area contributed by atoms with E-state index >= 15 is 0 Å². The highest BCUT2D eigenvalue weighted by Gasteiger charge is 2.36. The van der Waals surface area contributed by atoms with Crippen molar-refractivity contribution in [2.75, 3.05) is 46.5 Å². The van der Waals surface area contributed by atoms with Crippen LogP contribution in [-0.2, 0) is 14.3 Å². The lowest BCUT2D eigenvalue weighted by Gasteiger charge is -2.42. The molecule has 0 aromatic carbocycles. The Morgan fingerprint density at radius 1 is 1.25 bits per heavy atom. The number of ether oxygens (including phenoxy) is 1. The molecule has 0 aromatic rings. The molecule has 2 saturated heterocycles. The Kier molecular flexibility index (Phi) is 7.49. The number of hydrogen-bond donors (Lipinski definition) is 1. The molecule has 2 aliphatic rings. The summed E-state index contributed by atoms with van der Waals surface area (Å²) >= 11 is 0. The van der Waals surface area contributed by atoms with E-state index in [9.17, 15) is 14.7 Å². The quantitative estimate of drug-likeness (QED) is 0.761. The first kappa shape index (κ1) is 19.2. The summed E-state index contributed by atoms with van der Waals surface area (Å²) in [6.45, 7) is 3.34. The van der Waals surface area contributed by atoms with Gasteiger partial charge in [-0.15, -0.1) is 0 Å². The second kappa shape index (κ2) is 9.37. The van der Waals surface area contributed by atoms with Crippen molar-refractivity contribution in [2.45, 2.75) is 51.4 Å². The molecule has 6 heteroatoms. The zero-order valence-corrected chi connectivity index (χ0v) is 15.0. The standard InChI is InChI=1S/C18H32N2O4/c1-24-13-9-18(15-21)8-5-11-20(14-18)17(23)7-12-19-10-4-2-3-6-16(19)22/h21H,2-15H2,1H3/t18-/m0/s1. The highest BCUT2D eigenvalue weighted by molar-refractivity contribution is 5.79. The van der Waals surface area contributed by atoms with Gasteiger partial charge in [-0.3, -0.25) is 9.59 Å². The molecule has 1 N–H and O–H groups in total. The molecule has 1 atom stereocenters. The fourth-order valence-electron chi connectivity index (χ4n) is 3.82. The van der Waals surface area contributed by atoms with E-state index in [2.05, 4.69) is 0 Å². The van der Waals surface area contributed by atoms with Crippen LogP contribution in [0.5, 0.6) is 0 Å². The molecule has 2 aliphatic heterocycles. The van der Waals surface area contributed by atoms with Crippen molar-refractivity contribution < 1.29 is 19.4 Å². The lowest BCUT2D eigenvalue weighted by Crippen LogP contribution is -2.49. The number of amides is 2. The predicted molar refractivity (Wildman–Crippen MR) is 91.5 cm³/mol. The van der Waals surface area contributed by atoms with Crippen molar-refractivity contribution in [3.63, 3.8) is 0 Å². The molecule has 0 unspecified atom stereocenters. The molecule has 2 fully saturated rings. The van der Waals surface area contributed by atoms with Gasteiger partial charge in [0.1, 0.15) is 0 Å². The van der Waals surface area contributed by atoms with Crippen LogP contribution in [0.2, 0.25) is 0 Å². The lowest BCUT2D eigenvalue weighted by atomic mass is 9.78. The van der Waals surface area contributed by atoms with Crippen LogP contribution in [0, 0.1) is 5.41 Å². The van der Waals surface area contributed by atoms with Gasteiger partial charge in [0.2, 0.25) is 11.8 Å². The summed E-state index contributed by atoms with van der Waals surface area (Å²) < 4.78 is 5.16. The molecule has 24 heavy (non-hydrogen) atoms. The molecular formula is C18H32N2O4. The molecule has 0 spiro atoms. The van der Waals surface area contributed by atoms with E-state index in [1.807, 2.05) is 9.80 Å². The van der Waals surface area contributed by atoms with Crippen LogP contribution in [0.25, 0.3) is 0 Å². The van der Waals surface area contributed by atoms with Gasteiger partial charge in [0, 0.05) is 58.2 Å². The lowest BCUT2D eigenvalue weighted by molar-refractivity contribution is -0.137. The smallest absolute Gasteiger partial charge is 0.224 e. The first-order valence-electron chi connectivity index (χ1n) is 9.25. The Morgan fingerprint density at radius 3 is 2.83 bits per heavy atom. The maximum absolute atomic E-state index is 12.6. The number of rotatable bonds is 7. The van der Waals surface area contributed by atoms with Gasteiger partial charge in [-0.05, 0) is 32.1 Å². The molecule has 0 radical (unpaired) electrons. The van der Waals surface area contributed by atoms with Crippen molar-refractivity contribution in [3.8, 4) is 0 Å². The van der Waals surface area contributed by atoms with E-state index in [-0.39, 0.29) is 23.8 Å². The highest BCUT2D eigenvalue weighted by Crippen LogP contribution is 2.33. The van der Waals surface area contributed by atoms with E-state index in [1.54, 1.807) is 7.11 Å². The van der Waals surface area contributed by atoms with E-state index in [0.717, 1.165) is 51.6 Å². The van der Waals surface area contributed by atoms with E-state index in [0.29, 0.717) is 32.5 Å². The van der Waals surface area contributed by atoms with Crippen LogP contribution >= 0.6 is 0 Å². The third-order valence-electron chi connectivity index (χ3n) is 5.45. The van der Waals surface area contributed by atoms with Crippen molar-refractivity contribution in [1.29, 1.82) is 0 Å². The van der Waals surface area contributed by atoms with Crippen LogP contribution < -0.4 is 0 Å². The Bertz CT molecular complexity index is 429. The van der Waals surface area contributed by atoms with Gasteiger partial charge >= 0.3 is 0 Å². The Morgan fingerprint density at radius 2 is 2.08 bits per heavy atom. The largest absolute Gasteiger partial charge is 0.396 e. The molecule has 0 bridgehead atoms. The first-order chi connectivity index (χ1) is 11.6. The fourth-order valence-corrected chi connectivity index (χ4v) is 3.82. The maximum Gasteiger partial charge on any atom is 0.224 e. The molecule has 138 valence electrons. The monoisotopic (exact) mass is 340 g/mol. The van der Waals surface area contributed by atoms with Crippen LogP contribution in [0.4, 0.5) is 0 Å². The van der Waals surface area contributed by atoms with E-state index < -0.39 is 0 Å². The maximum atomic E-state index is 12.6. The molecule has 0 aliphatic carbocycles. The normalized spacial score (nSPS) is 25.7. The number of aliphatic hydroxyl groups is 1. The van der Waals surface area contributed by atoms with Crippen molar-refractivity contribution in [3.05, 3.63) is 0 Å². The van der Waals surface area contributed by atoms with Gasteiger partial charge < -0.3 is 19.6 Å². The summed E-state index contributed by atoms with van der Waals surface area (Å²) in [5.74, 6) is 0.283. The van der Waals surface area contributed by atoms with Gasteiger partial charge in [-0.1, -0.05) is 6.42 Å². The second-order valence-electron chi connectivity index (χ2n) is 7.26. The average Bonchev–Trinajstić information content (AvgIpc) is 2.82. The van der Waals surface area contributed by atoms with Crippen LogP contribution in [-0.4, -0.2) is 73.2 Å². The molecule has 2 heterocycles. The number of carbonyl (C=O) groups is 2. The van der Waals surface area contributed by atoms with Crippen molar-refractivity contribution in [2.24, 2.45) is 5.41 Å². The second-order valence-corrected chi connectivity index (χ2v) is 7.26. The van der Waals surface area contributed by atoms with Crippen molar-refractivity contribution >= 4 is 11.8 Å². The molecule has 0 saturated carbocycles. The molecule has 0 aromatic heterocycles. The predicted octanol–water partition coefficient (Wildman–Crippen LogP) is 1.42. The minimum atomic E-state index is -0.234. The number of hydrogen-bond acceptors (Lipinski definition) is 4. The molecular weight excluding hydrogens is 308 g/mol. The zero-order chi connectivity index (χ0) is 17.4. The summed E-state index contributed by atoms with van der Waals surface area (Å²) in [5.41, 5.74) is -0.234. The highest BCUT2D eigenvalue weighted by atomic mass is 16.5. The van der Waals surface area contributed by atoms with Gasteiger partial charge in [-0.2, -0.15) is 0 Å². The Hall–Kier alpha value is -1.14. The zero-order valence-electron chi connectivity index (χ0n) is 15.0. The third kappa shape index (κ3) is 5.18. The summed E-state index contributed by atoms with van der Waals surface area (Å²) in [7, 11) is 1.66. The number of methoxy groups -OCH3 is 1. The summed E-state index contributed by atoms with van der Waals surface area (Å²) in [6.07, 6.45) is 6.72. The number of likely N-dealkylation sites (tertiary alicyclic amines) is 2. The first-order valence-corrected chi connectivity index (χ1v) is 9.25. The van der Waals surface area contributed by atoms with Gasteiger partial charge in [0.15, 0.2) is 0 Å². The average molecular weight is 340 g/mol. The van der Waals surface area contributed by atoms with Crippen LogP contribution in [0.3, 0.4) is 0 Å². The minimum absolute atomic E-state index is 0.0880. The molecule has 6 nitrogen and oxygen atoms in total. The van der Waals surface area contributed by atoms with Crippen LogP contribution in [0.1, 0.15) is 51.4 Å². The SMILES string of the molecule is COCC[C@@]1(CO)CCCN(C(=O)CCN2CCCCCC2=O)C1. The Labute approximate surface area is 145 Å². The number of carbonyl (C=O) groups excluding carboxylic acids is 2. The van der Waals surface area contributed by atoms with E-state index in [1.165, 1.54) is 0 Å².